The monoisotopic (exact) mass is 464 g/mol. The minimum absolute atomic E-state index is 0. The maximum atomic E-state index is 2.54. The van der Waals surface area contributed by atoms with Gasteiger partial charge in [-0.2, -0.15) is 0 Å². The number of benzene rings is 3. The van der Waals surface area contributed by atoms with Gasteiger partial charge in [-0.05, 0) is 68.2 Å². The van der Waals surface area contributed by atoms with E-state index in [1.807, 2.05) is 0 Å². The SMILES string of the molecule is CC(=CC[P+](c1ccccc1)(c1ccccc1)c1ccccc1)CCC1CC1.[Br-]. The van der Waals surface area contributed by atoms with Crippen LogP contribution in [-0.4, -0.2) is 6.16 Å². The van der Waals surface area contributed by atoms with E-state index in [1.54, 1.807) is 5.57 Å². The van der Waals surface area contributed by atoms with E-state index >= 15 is 0 Å². The minimum atomic E-state index is -1.72. The average molecular weight is 465 g/mol. The Morgan fingerprint density at radius 1 is 0.759 bits per heavy atom. The Morgan fingerprint density at radius 3 is 1.55 bits per heavy atom. The summed E-state index contributed by atoms with van der Waals surface area (Å²) in [7, 11) is -1.72. The van der Waals surface area contributed by atoms with E-state index in [0.29, 0.717) is 0 Å². The summed E-state index contributed by atoms with van der Waals surface area (Å²) in [6.45, 7) is 2.33. The molecule has 1 aliphatic rings. The van der Waals surface area contributed by atoms with Crippen LogP contribution in [0.1, 0.15) is 32.6 Å². The predicted molar refractivity (Wildman–Crippen MR) is 126 cm³/mol. The summed E-state index contributed by atoms with van der Waals surface area (Å²) in [5.41, 5.74) is 1.55. The van der Waals surface area contributed by atoms with Crippen LogP contribution in [0.2, 0.25) is 0 Å². The van der Waals surface area contributed by atoms with Gasteiger partial charge < -0.3 is 17.0 Å². The standard InChI is InChI=1S/C27H30P.BrH/c1-23(17-18-24-19-20-24)21-22-28(25-11-5-2-6-12-25,26-13-7-3-8-14-26)27-15-9-4-10-16-27;/h2-16,21,24H,17-20,22H2,1H3;1H/q+1;/p-1. The highest BCUT2D eigenvalue weighted by Crippen LogP contribution is 2.55. The zero-order chi connectivity index (χ0) is 19.2. The number of hydrogen-bond donors (Lipinski definition) is 0. The van der Waals surface area contributed by atoms with Crippen LogP contribution < -0.4 is 32.9 Å². The van der Waals surface area contributed by atoms with Gasteiger partial charge in [-0.25, -0.2) is 0 Å². The average Bonchev–Trinajstić information content (AvgIpc) is 3.60. The maximum absolute atomic E-state index is 2.54. The van der Waals surface area contributed by atoms with Crippen molar-refractivity contribution in [2.45, 2.75) is 32.6 Å². The molecule has 1 fully saturated rings. The Balaban J connectivity index is 0.00000240. The van der Waals surface area contributed by atoms with E-state index < -0.39 is 7.26 Å². The Hall–Kier alpha value is -1.69. The van der Waals surface area contributed by atoms with Crippen LogP contribution in [0.4, 0.5) is 0 Å². The summed E-state index contributed by atoms with van der Waals surface area (Å²) in [5, 5.41) is 4.41. The molecule has 0 aromatic heterocycles. The third kappa shape index (κ3) is 5.27. The number of rotatable bonds is 8. The highest BCUT2D eigenvalue weighted by atomic mass is 79.9. The molecule has 0 saturated heterocycles. The first-order valence-corrected chi connectivity index (χ1v) is 12.5. The smallest absolute Gasteiger partial charge is 0.115 e. The maximum Gasteiger partial charge on any atom is 0.115 e. The van der Waals surface area contributed by atoms with E-state index in [4.69, 9.17) is 0 Å². The molecule has 1 aliphatic carbocycles. The van der Waals surface area contributed by atoms with Crippen molar-refractivity contribution in [1.29, 1.82) is 0 Å². The van der Waals surface area contributed by atoms with Gasteiger partial charge in [0.1, 0.15) is 23.2 Å². The van der Waals surface area contributed by atoms with Crippen molar-refractivity contribution in [3.8, 4) is 0 Å². The van der Waals surface area contributed by atoms with E-state index in [0.717, 1.165) is 12.1 Å². The van der Waals surface area contributed by atoms with Crippen LogP contribution in [0.25, 0.3) is 0 Å². The summed E-state index contributed by atoms with van der Waals surface area (Å²) in [5.74, 6) is 1.00. The molecule has 0 spiro atoms. The lowest BCUT2D eigenvalue weighted by Crippen LogP contribution is -3.00. The molecular formula is C27H30BrP. The van der Waals surface area contributed by atoms with Gasteiger partial charge in [-0.1, -0.05) is 73.0 Å². The van der Waals surface area contributed by atoms with Crippen LogP contribution in [-0.2, 0) is 0 Å². The van der Waals surface area contributed by atoms with Gasteiger partial charge in [-0.3, -0.25) is 0 Å². The molecule has 3 aromatic carbocycles. The minimum Gasteiger partial charge on any atom is -1.00 e. The molecule has 0 N–H and O–H groups in total. The Kier molecular flexibility index (Phi) is 7.87. The third-order valence-electron chi connectivity index (χ3n) is 5.95. The van der Waals surface area contributed by atoms with Crippen LogP contribution >= 0.6 is 7.26 Å². The molecular weight excluding hydrogens is 435 g/mol. The Labute approximate surface area is 187 Å². The molecule has 0 bridgehead atoms. The zero-order valence-electron chi connectivity index (χ0n) is 17.2. The molecule has 1 saturated carbocycles. The van der Waals surface area contributed by atoms with Crippen molar-refractivity contribution in [2.24, 2.45) is 5.92 Å². The second-order valence-electron chi connectivity index (χ2n) is 8.03. The summed E-state index contributed by atoms with van der Waals surface area (Å²) in [6, 6.07) is 33.6. The van der Waals surface area contributed by atoms with Gasteiger partial charge in [-0.15, -0.1) is 0 Å². The fourth-order valence-corrected chi connectivity index (χ4v) is 8.20. The largest absolute Gasteiger partial charge is 1.00 e. The van der Waals surface area contributed by atoms with Crippen molar-refractivity contribution in [3.63, 3.8) is 0 Å². The Bertz CT molecular complexity index is 802. The summed E-state index contributed by atoms with van der Waals surface area (Å²) in [4.78, 5) is 0. The van der Waals surface area contributed by atoms with Gasteiger partial charge in [0.15, 0.2) is 0 Å². The fraction of sp³-hybridized carbons (Fsp3) is 0.259. The van der Waals surface area contributed by atoms with Crippen LogP contribution in [0.15, 0.2) is 103 Å². The molecule has 0 radical (unpaired) electrons. The lowest BCUT2D eigenvalue weighted by Gasteiger charge is -2.27. The molecule has 150 valence electrons. The van der Waals surface area contributed by atoms with Crippen LogP contribution in [0, 0.1) is 5.92 Å². The second-order valence-corrected chi connectivity index (χ2v) is 11.6. The number of hydrogen-bond acceptors (Lipinski definition) is 0. The van der Waals surface area contributed by atoms with Gasteiger partial charge in [0.2, 0.25) is 0 Å². The first-order chi connectivity index (χ1) is 13.8. The van der Waals surface area contributed by atoms with E-state index in [-0.39, 0.29) is 17.0 Å². The van der Waals surface area contributed by atoms with Crippen molar-refractivity contribution < 1.29 is 17.0 Å². The quantitative estimate of drug-likeness (QED) is 0.354. The van der Waals surface area contributed by atoms with E-state index in [9.17, 15) is 0 Å². The molecule has 0 heterocycles. The van der Waals surface area contributed by atoms with Crippen LogP contribution in [0.3, 0.4) is 0 Å². The summed E-state index contributed by atoms with van der Waals surface area (Å²) < 4.78 is 0. The lowest BCUT2D eigenvalue weighted by molar-refractivity contribution is -0.00000558. The van der Waals surface area contributed by atoms with E-state index in [2.05, 4.69) is 104 Å². The normalized spacial score (nSPS) is 14.3. The molecule has 2 heteroatoms. The summed E-state index contributed by atoms with van der Waals surface area (Å²) >= 11 is 0. The van der Waals surface area contributed by atoms with Crippen molar-refractivity contribution >= 4 is 23.2 Å². The van der Waals surface area contributed by atoms with Gasteiger partial charge in [0.05, 0.1) is 6.16 Å². The van der Waals surface area contributed by atoms with Gasteiger partial charge >= 0.3 is 0 Å². The van der Waals surface area contributed by atoms with Gasteiger partial charge in [0.25, 0.3) is 0 Å². The molecule has 0 atom stereocenters. The summed E-state index contributed by atoms with van der Waals surface area (Å²) in [6.07, 6.45) is 9.16. The molecule has 0 unspecified atom stereocenters. The van der Waals surface area contributed by atoms with Crippen LogP contribution in [0.5, 0.6) is 0 Å². The third-order valence-corrected chi connectivity index (χ3v) is 10.2. The highest BCUT2D eigenvalue weighted by Gasteiger charge is 2.44. The zero-order valence-corrected chi connectivity index (χ0v) is 19.7. The topological polar surface area (TPSA) is 0 Å². The molecule has 29 heavy (non-hydrogen) atoms. The molecule has 4 rings (SSSR count). The Morgan fingerprint density at radius 2 is 1.17 bits per heavy atom. The molecule has 3 aromatic rings. The van der Waals surface area contributed by atoms with Crippen molar-refractivity contribution in [1.82, 2.24) is 0 Å². The number of allylic oxidation sites excluding steroid dienone is 2. The molecule has 0 amide bonds. The fourth-order valence-electron chi connectivity index (χ4n) is 4.04. The van der Waals surface area contributed by atoms with Gasteiger partial charge in [0, 0.05) is 0 Å². The second kappa shape index (κ2) is 10.4. The van der Waals surface area contributed by atoms with Crippen molar-refractivity contribution in [3.05, 3.63) is 103 Å². The first-order valence-electron chi connectivity index (χ1n) is 10.5. The predicted octanol–water partition coefficient (Wildman–Crippen LogP) is 3.12. The number of halogens is 1. The first kappa shape index (κ1) is 22.0. The molecule has 0 nitrogen and oxygen atoms in total. The van der Waals surface area contributed by atoms with E-state index in [1.165, 1.54) is 41.6 Å². The lowest BCUT2D eigenvalue weighted by atomic mass is 10.1. The highest BCUT2D eigenvalue weighted by molar-refractivity contribution is 7.95. The van der Waals surface area contributed by atoms with Crippen molar-refractivity contribution in [2.75, 3.05) is 6.16 Å². The molecule has 0 aliphatic heterocycles.